The number of hydrogen-bond acceptors (Lipinski definition) is 3. The van der Waals surface area contributed by atoms with Gasteiger partial charge in [-0.3, -0.25) is 14.5 Å². The lowest BCUT2D eigenvalue weighted by atomic mass is 10.0. The zero-order valence-electron chi connectivity index (χ0n) is 20.9. The van der Waals surface area contributed by atoms with E-state index in [9.17, 15) is 14.0 Å². The zero-order chi connectivity index (χ0) is 24.5. The summed E-state index contributed by atoms with van der Waals surface area (Å²) in [6, 6.07) is 11.3. The highest BCUT2D eigenvalue weighted by Gasteiger charge is 2.33. The summed E-state index contributed by atoms with van der Waals surface area (Å²) < 4.78 is 14.6. The molecule has 0 unspecified atom stereocenters. The Labute approximate surface area is 207 Å². The molecule has 0 bridgehead atoms. The Balaban J connectivity index is 1.22. The van der Waals surface area contributed by atoms with Gasteiger partial charge in [-0.15, -0.1) is 0 Å². The summed E-state index contributed by atoms with van der Waals surface area (Å²) >= 11 is 0. The number of fused-ring (bicyclic) bond motifs is 1. The minimum Gasteiger partial charge on any atom is -0.337 e. The summed E-state index contributed by atoms with van der Waals surface area (Å²) in [6.07, 6.45) is 5.83. The molecule has 0 radical (unpaired) electrons. The van der Waals surface area contributed by atoms with E-state index in [-0.39, 0.29) is 29.6 Å². The average molecular weight is 478 g/mol. The predicted molar refractivity (Wildman–Crippen MR) is 136 cm³/mol. The average Bonchev–Trinajstić information content (AvgIpc) is 3.52. The molecule has 1 saturated heterocycles. The highest BCUT2D eigenvalue weighted by molar-refractivity contribution is 5.94. The number of nitrogens with zero attached hydrogens (tertiary/aromatic N) is 2. The number of piperazine rings is 1. The van der Waals surface area contributed by atoms with Crippen LogP contribution in [0.1, 0.15) is 54.9 Å². The Morgan fingerprint density at radius 1 is 1.03 bits per heavy atom. The minimum atomic E-state index is -0.335. The van der Waals surface area contributed by atoms with Crippen LogP contribution in [0.4, 0.5) is 10.1 Å². The van der Waals surface area contributed by atoms with Crippen LogP contribution in [0, 0.1) is 24.6 Å². The van der Waals surface area contributed by atoms with Crippen molar-refractivity contribution in [3.63, 3.8) is 0 Å². The Morgan fingerprint density at radius 3 is 2.37 bits per heavy atom. The smallest absolute Gasteiger partial charge is 0.228 e. The van der Waals surface area contributed by atoms with Crippen LogP contribution >= 0.6 is 0 Å². The van der Waals surface area contributed by atoms with Crippen molar-refractivity contribution in [2.24, 2.45) is 11.8 Å². The number of carbonyl (C=O) groups excluding carboxylic acids is 2. The molecule has 0 aromatic heterocycles. The molecule has 3 aliphatic rings. The van der Waals surface area contributed by atoms with Crippen molar-refractivity contribution in [1.82, 2.24) is 9.80 Å². The second-order valence-corrected chi connectivity index (χ2v) is 10.7. The van der Waals surface area contributed by atoms with E-state index in [0.29, 0.717) is 18.1 Å². The van der Waals surface area contributed by atoms with Gasteiger partial charge in [0.1, 0.15) is 5.82 Å². The van der Waals surface area contributed by atoms with Crippen LogP contribution < -0.4 is 5.32 Å². The highest BCUT2D eigenvalue weighted by atomic mass is 19.1. The number of halogens is 1. The van der Waals surface area contributed by atoms with Crippen molar-refractivity contribution in [2.45, 2.75) is 65.0 Å². The van der Waals surface area contributed by atoms with Gasteiger partial charge in [0, 0.05) is 49.7 Å². The van der Waals surface area contributed by atoms with Crippen LogP contribution in [0.5, 0.6) is 0 Å². The van der Waals surface area contributed by atoms with Crippen LogP contribution in [0.15, 0.2) is 36.4 Å². The van der Waals surface area contributed by atoms with E-state index in [2.05, 4.69) is 34.2 Å². The van der Waals surface area contributed by atoms with Gasteiger partial charge in [0.25, 0.3) is 0 Å². The van der Waals surface area contributed by atoms with Crippen molar-refractivity contribution in [3.05, 3.63) is 64.5 Å². The van der Waals surface area contributed by atoms with E-state index >= 15 is 0 Å². The van der Waals surface area contributed by atoms with Crippen LogP contribution in [-0.4, -0.2) is 47.3 Å². The molecular weight excluding hydrogens is 441 g/mol. The Kier molecular flexibility index (Phi) is 6.92. The SMILES string of the molecule is Cc1c(CN2CCN(C(=O)C3CCCC3)[C@@H](C)C2)cc(F)cc1NC(=O)C1Cc2ccccc2C1. The summed E-state index contributed by atoms with van der Waals surface area (Å²) in [6.45, 7) is 6.95. The van der Waals surface area contributed by atoms with Gasteiger partial charge in [-0.05, 0) is 73.9 Å². The third-order valence-corrected chi connectivity index (χ3v) is 8.25. The van der Waals surface area contributed by atoms with E-state index in [1.165, 1.54) is 17.2 Å². The molecule has 5 rings (SSSR count). The van der Waals surface area contributed by atoms with Crippen molar-refractivity contribution in [1.29, 1.82) is 0 Å². The molecule has 2 aromatic rings. The van der Waals surface area contributed by atoms with Crippen LogP contribution in [0.2, 0.25) is 0 Å². The third kappa shape index (κ3) is 5.13. The number of anilines is 1. The third-order valence-electron chi connectivity index (χ3n) is 8.25. The molecule has 1 heterocycles. The monoisotopic (exact) mass is 477 g/mol. The maximum Gasteiger partial charge on any atom is 0.228 e. The largest absolute Gasteiger partial charge is 0.337 e. The fraction of sp³-hybridized carbons (Fsp3) is 0.517. The number of carbonyl (C=O) groups is 2. The van der Waals surface area contributed by atoms with E-state index in [1.54, 1.807) is 6.07 Å². The van der Waals surface area contributed by atoms with Gasteiger partial charge in [0.2, 0.25) is 11.8 Å². The summed E-state index contributed by atoms with van der Waals surface area (Å²) in [5.74, 6) is 0.0148. The summed E-state index contributed by atoms with van der Waals surface area (Å²) in [7, 11) is 0. The van der Waals surface area contributed by atoms with E-state index in [1.807, 2.05) is 19.1 Å². The molecule has 35 heavy (non-hydrogen) atoms. The van der Waals surface area contributed by atoms with Crippen LogP contribution in [0.25, 0.3) is 0 Å². The summed E-state index contributed by atoms with van der Waals surface area (Å²) in [4.78, 5) is 30.3. The molecule has 6 heteroatoms. The standard InChI is InChI=1S/C29H36FN3O2/c1-19-17-32(11-12-33(19)29(35)21-7-3-4-8-21)18-25-15-26(30)16-27(20(25)2)31-28(34)24-13-22-9-5-6-10-23(22)14-24/h5-6,9-10,15-16,19,21,24H,3-4,7-8,11-14,17-18H2,1-2H3,(H,31,34)/t19-/m0/s1. The quantitative estimate of drug-likeness (QED) is 0.679. The maximum absolute atomic E-state index is 14.6. The second-order valence-electron chi connectivity index (χ2n) is 10.7. The van der Waals surface area contributed by atoms with Crippen molar-refractivity contribution in [3.8, 4) is 0 Å². The van der Waals surface area contributed by atoms with Gasteiger partial charge in [-0.2, -0.15) is 0 Å². The fourth-order valence-corrected chi connectivity index (χ4v) is 6.16. The molecule has 186 valence electrons. The first-order valence-electron chi connectivity index (χ1n) is 13.1. The lowest BCUT2D eigenvalue weighted by Gasteiger charge is -2.41. The number of hydrogen-bond donors (Lipinski definition) is 1. The van der Waals surface area contributed by atoms with Gasteiger partial charge in [-0.25, -0.2) is 4.39 Å². The number of amides is 2. The van der Waals surface area contributed by atoms with Crippen LogP contribution in [0.3, 0.4) is 0 Å². The first kappa shape index (κ1) is 24.0. The van der Waals surface area contributed by atoms with Gasteiger partial charge >= 0.3 is 0 Å². The van der Waals surface area contributed by atoms with Crippen LogP contribution in [-0.2, 0) is 29.0 Å². The van der Waals surface area contributed by atoms with Gasteiger partial charge in [-0.1, -0.05) is 37.1 Å². The lowest BCUT2D eigenvalue weighted by molar-refractivity contribution is -0.140. The Morgan fingerprint density at radius 2 is 1.71 bits per heavy atom. The van der Waals surface area contributed by atoms with Crippen molar-refractivity contribution >= 4 is 17.5 Å². The lowest BCUT2D eigenvalue weighted by Crippen LogP contribution is -2.54. The van der Waals surface area contributed by atoms with Gasteiger partial charge < -0.3 is 10.2 Å². The van der Waals surface area contributed by atoms with E-state index in [4.69, 9.17) is 0 Å². The molecular formula is C29H36FN3O2. The fourth-order valence-electron chi connectivity index (χ4n) is 6.16. The second kappa shape index (κ2) is 10.1. The number of benzene rings is 2. The molecule has 2 aromatic carbocycles. The predicted octanol–water partition coefficient (Wildman–Crippen LogP) is 4.71. The molecule has 1 aliphatic heterocycles. The summed E-state index contributed by atoms with van der Waals surface area (Å²) in [5, 5.41) is 3.02. The number of nitrogens with one attached hydrogen (secondary N) is 1. The van der Waals surface area contributed by atoms with Gasteiger partial charge in [0.05, 0.1) is 0 Å². The topological polar surface area (TPSA) is 52.6 Å². The Hall–Kier alpha value is -2.73. The molecule has 5 nitrogen and oxygen atoms in total. The maximum atomic E-state index is 14.6. The molecule has 1 atom stereocenters. The van der Waals surface area contributed by atoms with Crippen molar-refractivity contribution < 1.29 is 14.0 Å². The van der Waals surface area contributed by atoms with Gasteiger partial charge in [0.15, 0.2) is 0 Å². The minimum absolute atomic E-state index is 0.0477. The van der Waals surface area contributed by atoms with Crippen molar-refractivity contribution in [2.75, 3.05) is 25.0 Å². The Bertz CT molecular complexity index is 1090. The molecule has 0 spiro atoms. The highest BCUT2D eigenvalue weighted by Crippen LogP contribution is 2.30. The normalized spacial score (nSPS) is 21.3. The molecule has 2 fully saturated rings. The number of rotatable bonds is 5. The van der Waals surface area contributed by atoms with E-state index < -0.39 is 0 Å². The summed E-state index contributed by atoms with van der Waals surface area (Å²) in [5.41, 5.74) is 4.81. The molecule has 1 N–H and O–H groups in total. The first-order valence-corrected chi connectivity index (χ1v) is 13.1. The molecule has 2 amide bonds. The zero-order valence-corrected chi connectivity index (χ0v) is 20.9. The van der Waals surface area contributed by atoms with E-state index in [0.717, 1.165) is 69.3 Å². The molecule has 1 saturated carbocycles. The first-order chi connectivity index (χ1) is 16.9. The molecule has 2 aliphatic carbocycles.